The smallest absolute Gasteiger partial charge is 0.257 e. The van der Waals surface area contributed by atoms with Crippen molar-refractivity contribution >= 4 is 52.0 Å². The molecule has 7 heteroatoms. The number of hydrogen-bond donors (Lipinski definition) is 0. The highest BCUT2D eigenvalue weighted by molar-refractivity contribution is 7.99. The van der Waals surface area contributed by atoms with Crippen LogP contribution >= 0.6 is 35.3 Å². The van der Waals surface area contributed by atoms with Gasteiger partial charge in [-0.15, -0.1) is 11.8 Å². The van der Waals surface area contributed by atoms with Crippen molar-refractivity contribution in [1.82, 2.24) is 4.90 Å². The van der Waals surface area contributed by atoms with E-state index in [4.69, 9.17) is 17.0 Å². The molecule has 0 aliphatic carbocycles. The van der Waals surface area contributed by atoms with Crippen LogP contribution in [-0.2, 0) is 4.79 Å². The second kappa shape index (κ2) is 5.81. The molecular weight excluding hydrogens is 348 g/mol. The fourth-order valence-electron chi connectivity index (χ4n) is 2.93. The van der Waals surface area contributed by atoms with Crippen LogP contribution in [0.4, 0.5) is 5.69 Å². The summed E-state index contributed by atoms with van der Waals surface area (Å²) >= 11 is 9.09. The molecule has 2 saturated heterocycles. The van der Waals surface area contributed by atoms with E-state index >= 15 is 0 Å². The van der Waals surface area contributed by atoms with Crippen LogP contribution in [-0.4, -0.2) is 34.8 Å². The van der Waals surface area contributed by atoms with E-state index in [9.17, 15) is 4.79 Å². The quantitative estimate of drug-likeness (QED) is 0.781. The van der Waals surface area contributed by atoms with Crippen molar-refractivity contribution in [2.24, 2.45) is 0 Å². The highest BCUT2D eigenvalue weighted by Gasteiger charge is 2.50. The Morgan fingerprint density at radius 3 is 2.70 bits per heavy atom. The molecule has 0 N–H and O–H groups in total. The van der Waals surface area contributed by atoms with Crippen molar-refractivity contribution < 1.29 is 9.53 Å². The fraction of sp³-hybridized carbons (Fsp3) is 0.250. The van der Waals surface area contributed by atoms with E-state index in [1.165, 1.54) is 5.56 Å². The van der Waals surface area contributed by atoms with Gasteiger partial charge in [-0.1, -0.05) is 0 Å². The predicted molar refractivity (Wildman–Crippen MR) is 98.2 cm³/mol. The van der Waals surface area contributed by atoms with Crippen molar-refractivity contribution in [2.45, 2.75) is 11.4 Å². The first-order chi connectivity index (χ1) is 11.2. The van der Waals surface area contributed by atoms with E-state index in [-0.39, 0.29) is 17.3 Å². The summed E-state index contributed by atoms with van der Waals surface area (Å²) in [6.45, 7) is 0. The Bertz CT molecular complexity index is 745. The SMILES string of the molecule is COc1ccc(N2C(=O)[C@@H]3CS[C@@H](c4ccsc4)N3C2=S)cc1. The summed E-state index contributed by atoms with van der Waals surface area (Å²) in [5, 5.41) is 4.91. The molecule has 0 saturated carbocycles. The molecule has 0 unspecified atom stereocenters. The van der Waals surface area contributed by atoms with Crippen molar-refractivity contribution in [3.05, 3.63) is 46.7 Å². The summed E-state index contributed by atoms with van der Waals surface area (Å²) in [5.74, 6) is 1.59. The number of hydrogen-bond acceptors (Lipinski definition) is 5. The number of thioether (sulfide) groups is 1. The molecule has 2 atom stereocenters. The maximum atomic E-state index is 12.8. The average Bonchev–Trinajstić information content (AvgIpc) is 3.28. The van der Waals surface area contributed by atoms with E-state index in [2.05, 4.69) is 21.7 Å². The molecule has 1 amide bonds. The average molecular weight is 363 g/mol. The zero-order valence-electron chi connectivity index (χ0n) is 12.3. The van der Waals surface area contributed by atoms with Gasteiger partial charge in [0.05, 0.1) is 12.8 Å². The lowest BCUT2D eigenvalue weighted by Crippen LogP contribution is -2.33. The molecule has 2 aliphatic rings. The standard InChI is InChI=1S/C16H14N2O2S3/c1-20-12-4-2-11(3-5-12)17-14(19)13-9-23-15(18(13)16(17)21)10-6-7-22-8-10/h2-8,13,15H,9H2,1H3/t13-,15-/m0/s1. The highest BCUT2D eigenvalue weighted by Crippen LogP contribution is 2.46. The number of thiophene rings is 1. The van der Waals surface area contributed by atoms with Crippen LogP contribution in [0.5, 0.6) is 5.75 Å². The van der Waals surface area contributed by atoms with Crippen LogP contribution in [0, 0.1) is 0 Å². The minimum atomic E-state index is -0.167. The molecule has 0 bridgehead atoms. The highest BCUT2D eigenvalue weighted by atomic mass is 32.2. The van der Waals surface area contributed by atoms with Crippen LogP contribution in [0.3, 0.4) is 0 Å². The molecule has 0 radical (unpaired) electrons. The predicted octanol–water partition coefficient (Wildman–Crippen LogP) is 3.50. The summed E-state index contributed by atoms with van der Waals surface area (Å²) in [6, 6.07) is 9.38. The van der Waals surface area contributed by atoms with Crippen molar-refractivity contribution in [3.8, 4) is 5.75 Å². The minimum Gasteiger partial charge on any atom is -0.497 e. The number of carbonyl (C=O) groups excluding carboxylic acids is 1. The lowest BCUT2D eigenvalue weighted by Gasteiger charge is -2.24. The first-order valence-electron chi connectivity index (χ1n) is 7.14. The number of fused-ring (bicyclic) bond motifs is 1. The molecule has 4 nitrogen and oxygen atoms in total. The van der Waals surface area contributed by atoms with Crippen molar-refractivity contribution in [1.29, 1.82) is 0 Å². The van der Waals surface area contributed by atoms with Crippen LogP contribution in [0.1, 0.15) is 10.9 Å². The van der Waals surface area contributed by atoms with E-state index in [0.717, 1.165) is 17.2 Å². The molecule has 2 fully saturated rings. The largest absolute Gasteiger partial charge is 0.497 e. The van der Waals surface area contributed by atoms with Gasteiger partial charge in [-0.05, 0) is 58.9 Å². The summed E-state index contributed by atoms with van der Waals surface area (Å²) in [4.78, 5) is 16.6. The number of anilines is 1. The first-order valence-corrected chi connectivity index (χ1v) is 9.54. The Labute approximate surface area is 148 Å². The van der Waals surface area contributed by atoms with Gasteiger partial charge in [-0.3, -0.25) is 9.69 Å². The molecule has 3 heterocycles. The van der Waals surface area contributed by atoms with Gasteiger partial charge in [-0.2, -0.15) is 11.3 Å². The number of ether oxygens (including phenoxy) is 1. The molecule has 23 heavy (non-hydrogen) atoms. The van der Waals surface area contributed by atoms with Gasteiger partial charge < -0.3 is 9.64 Å². The second-order valence-corrected chi connectivity index (χ2v) is 7.58. The molecule has 2 aliphatic heterocycles. The summed E-state index contributed by atoms with van der Waals surface area (Å²) in [5.41, 5.74) is 2.01. The van der Waals surface area contributed by atoms with E-state index in [1.807, 2.05) is 24.3 Å². The van der Waals surface area contributed by atoms with Gasteiger partial charge in [0.1, 0.15) is 17.2 Å². The normalized spacial score (nSPS) is 23.5. The number of methoxy groups -OCH3 is 1. The van der Waals surface area contributed by atoms with Gasteiger partial charge in [0.2, 0.25) is 0 Å². The Balaban J connectivity index is 1.66. The summed E-state index contributed by atoms with van der Waals surface area (Å²) < 4.78 is 5.18. The summed E-state index contributed by atoms with van der Waals surface area (Å²) in [7, 11) is 1.62. The number of amides is 1. The lowest BCUT2D eigenvalue weighted by atomic mass is 10.2. The molecule has 1 aromatic heterocycles. The third-order valence-corrected chi connectivity index (χ3v) is 6.50. The summed E-state index contributed by atoms with van der Waals surface area (Å²) in [6.07, 6.45) is 0. The Morgan fingerprint density at radius 2 is 2.04 bits per heavy atom. The number of carbonyl (C=O) groups is 1. The molecule has 0 spiro atoms. The van der Waals surface area contributed by atoms with Crippen LogP contribution in [0.25, 0.3) is 0 Å². The zero-order valence-corrected chi connectivity index (χ0v) is 14.8. The Morgan fingerprint density at radius 1 is 1.26 bits per heavy atom. The fourth-order valence-corrected chi connectivity index (χ4v) is 5.60. The maximum absolute atomic E-state index is 12.8. The van der Waals surface area contributed by atoms with E-state index in [1.54, 1.807) is 35.1 Å². The Kier molecular flexibility index (Phi) is 3.79. The van der Waals surface area contributed by atoms with Crippen LogP contribution < -0.4 is 9.64 Å². The number of nitrogens with zero attached hydrogens (tertiary/aromatic N) is 2. The number of benzene rings is 1. The molecule has 2 aromatic rings. The topological polar surface area (TPSA) is 32.8 Å². The van der Waals surface area contributed by atoms with Crippen LogP contribution in [0.2, 0.25) is 0 Å². The lowest BCUT2D eigenvalue weighted by molar-refractivity contribution is -0.119. The zero-order chi connectivity index (χ0) is 16.0. The van der Waals surface area contributed by atoms with E-state index in [0.29, 0.717) is 5.11 Å². The van der Waals surface area contributed by atoms with Gasteiger partial charge in [0.15, 0.2) is 5.11 Å². The maximum Gasteiger partial charge on any atom is 0.257 e. The third-order valence-electron chi connectivity index (χ3n) is 4.08. The third kappa shape index (κ3) is 2.34. The van der Waals surface area contributed by atoms with Gasteiger partial charge in [0, 0.05) is 5.75 Å². The number of rotatable bonds is 3. The van der Waals surface area contributed by atoms with Crippen molar-refractivity contribution in [2.75, 3.05) is 17.8 Å². The first kappa shape index (κ1) is 15.0. The van der Waals surface area contributed by atoms with Gasteiger partial charge >= 0.3 is 0 Å². The monoisotopic (exact) mass is 362 g/mol. The second-order valence-electron chi connectivity index (χ2n) is 5.32. The van der Waals surface area contributed by atoms with Crippen molar-refractivity contribution in [3.63, 3.8) is 0 Å². The minimum absolute atomic E-state index is 0.0606. The molecule has 4 rings (SSSR count). The molecular formula is C16H14N2O2S3. The molecule has 118 valence electrons. The van der Waals surface area contributed by atoms with Crippen LogP contribution in [0.15, 0.2) is 41.1 Å². The number of thiocarbonyl (C=S) groups is 1. The Hall–Kier alpha value is -1.57. The van der Waals surface area contributed by atoms with Gasteiger partial charge in [0.25, 0.3) is 5.91 Å². The van der Waals surface area contributed by atoms with E-state index < -0.39 is 0 Å². The van der Waals surface area contributed by atoms with Gasteiger partial charge in [-0.25, -0.2) is 0 Å². The molecule has 1 aromatic carbocycles.